The summed E-state index contributed by atoms with van der Waals surface area (Å²) in [4.78, 5) is 6.71. The molecule has 1 fully saturated rings. The minimum absolute atomic E-state index is 0.279. The first-order valence-corrected chi connectivity index (χ1v) is 9.13. The summed E-state index contributed by atoms with van der Waals surface area (Å²) in [6.45, 7) is 4.61. The van der Waals surface area contributed by atoms with Crippen LogP contribution in [0.3, 0.4) is 0 Å². The van der Waals surface area contributed by atoms with Crippen molar-refractivity contribution in [3.05, 3.63) is 24.0 Å². The SMILES string of the molecule is CCC(NC)c1ccc(N2CCN(S(C)(=O)=O)CC2)cn1. The van der Waals surface area contributed by atoms with Crippen LogP contribution in [-0.4, -0.2) is 57.2 Å². The zero-order chi connectivity index (χ0) is 15.5. The molecule has 7 heteroatoms. The molecule has 6 nitrogen and oxygen atoms in total. The molecule has 1 aliphatic heterocycles. The zero-order valence-electron chi connectivity index (χ0n) is 12.9. The highest BCUT2D eigenvalue weighted by Crippen LogP contribution is 2.20. The molecule has 0 spiro atoms. The van der Waals surface area contributed by atoms with Crippen molar-refractivity contribution in [3.8, 4) is 0 Å². The lowest BCUT2D eigenvalue weighted by atomic mass is 10.1. The Morgan fingerprint density at radius 3 is 2.38 bits per heavy atom. The maximum atomic E-state index is 11.5. The molecule has 2 heterocycles. The van der Waals surface area contributed by atoms with Gasteiger partial charge in [0.25, 0.3) is 0 Å². The maximum absolute atomic E-state index is 11.5. The van der Waals surface area contributed by atoms with Crippen LogP contribution < -0.4 is 10.2 Å². The molecular weight excluding hydrogens is 288 g/mol. The van der Waals surface area contributed by atoms with E-state index in [1.165, 1.54) is 10.6 Å². The molecular formula is C14H24N4O2S. The van der Waals surface area contributed by atoms with Gasteiger partial charge in [-0.1, -0.05) is 6.92 Å². The Labute approximate surface area is 127 Å². The van der Waals surface area contributed by atoms with E-state index in [0.29, 0.717) is 26.2 Å². The number of hydrogen-bond donors (Lipinski definition) is 1. The van der Waals surface area contributed by atoms with E-state index in [4.69, 9.17) is 0 Å². The first-order chi connectivity index (χ1) is 9.95. The highest BCUT2D eigenvalue weighted by atomic mass is 32.2. The molecule has 2 rings (SSSR count). The Balaban J connectivity index is 2.01. The fraction of sp³-hybridized carbons (Fsp3) is 0.643. The summed E-state index contributed by atoms with van der Waals surface area (Å²) in [5.41, 5.74) is 2.09. The van der Waals surface area contributed by atoms with E-state index >= 15 is 0 Å². The van der Waals surface area contributed by atoms with Gasteiger partial charge in [-0.05, 0) is 25.6 Å². The van der Waals surface area contributed by atoms with Crippen molar-refractivity contribution in [2.45, 2.75) is 19.4 Å². The second-order valence-corrected chi connectivity index (χ2v) is 7.32. The van der Waals surface area contributed by atoms with Crippen LogP contribution >= 0.6 is 0 Å². The van der Waals surface area contributed by atoms with E-state index in [2.05, 4.69) is 28.2 Å². The van der Waals surface area contributed by atoms with Crippen molar-refractivity contribution in [3.63, 3.8) is 0 Å². The molecule has 1 saturated heterocycles. The second kappa shape index (κ2) is 6.72. The number of pyridine rings is 1. The maximum Gasteiger partial charge on any atom is 0.211 e. The molecule has 1 atom stereocenters. The summed E-state index contributed by atoms with van der Waals surface area (Å²) in [6, 6.07) is 4.39. The highest BCUT2D eigenvalue weighted by Gasteiger charge is 2.23. The third-order valence-electron chi connectivity index (χ3n) is 3.96. The lowest BCUT2D eigenvalue weighted by molar-refractivity contribution is 0.388. The quantitative estimate of drug-likeness (QED) is 0.872. The van der Waals surface area contributed by atoms with E-state index in [1.807, 2.05) is 19.3 Å². The first kappa shape index (κ1) is 16.2. The van der Waals surface area contributed by atoms with Gasteiger partial charge in [0.15, 0.2) is 0 Å². The van der Waals surface area contributed by atoms with Gasteiger partial charge in [-0.3, -0.25) is 4.98 Å². The number of nitrogens with one attached hydrogen (secondary N) is 1. The molecule has 118 valence electrons. The number of anilines is 1. The minimum atomic E-state index is -3.07. The van der Waals surface area contributed by atoms with E-state index in [1.54, 1.807) is 0 Å². The largest absolute Gasteiger partial charge is 0.368 e. The number of aromatic nitrogens is 1. The molecule has 0 radical (unpaired) electrons. The van der Waals surface area contributed by atoms with E-state index in [0.717, 1.165) is 17.8 Å². The zero-order valence-corrected chi connectivity index (χ0v) is 13.7. The van der Waals surface area contributed by atoms with Crippen LogP contribution in [-0.2, 0) is 10.0 Å². The van der Waals surface area contributed by atoms with Gasteiger partial charge < -0.3 is 10.2 Å². The lowest BCUT2D eigenvalue weighted by Gasteiger charge is -2.34. The third kappa shape index (κ3) is 3.93. The normalized spacial score (nSPS) is 18.7. The average Bonchev–Trinajstić information content (AvgIpc) is 2.48. The number of nitrogens with zero attached hydrogens (tertiary/aromatic N) is 3. The Kier molecular flexibility index (Phi) is 5.18. The summed E-state index contributed by atoms with van der Waals surface area (Å²) in [5.74, 6) is 0. The van der Waals surface area contributed by atoms with Crippen molar-refractivity contribution < 1.29 is 8.42 Å². The summed E-state index contributed by atoms with van der Waals surface area (Å²) < 4.78 is 24.5. The molecule has 0 amide bonds. The van der Waals surface area contributed by atoms with Gasteiger partial charge in [0.2, 0.25) is 10.0 Å². The summed E-state index contributed by atoms with van der Waals surface area (Å²) in [6.07, 6.45) is 4.14. The van der Waals surface area contributed by atoms with E-state index in [9.17, 15) is 8.42 Å². The van der Waals surface area contributed by atoms with Crippen molar-refractivity contribution in [1.82, 2.24) is 14.6 Å². The van der Waals surface area contributed by atoms with Gasteiger partial charge >= 0.3 is 0 Å². The standard InChI is InChI=1S/C14H24N4O2S/c1-4-13(15-2)14-6-5-12(11-16-14)17-7-9-18(10-8-17)21(3,19)20/h5-6,11,13,15H,4,7-10H2,1-3H3. The smallest absolute Gasteiger partial charge is 0.211 e. The van der Waals surface area contributed by atoms with Gasteiger partial charge in [0, 0.05) is 32.2 Å². The van der Waals surface area contributed by atoms with Crippen LogP contribution in [0.15, 0.2) is 18.3 Å². The summed E-state index contributed by atoms with van der Waals surface area (Å²) in [7, 11) is -1.13. The van der Waals surface area contributed by atoms with Gasteiger partial charge in [-0.25, -0.2) is 8.42 Å². The van der Waals surface area contributed by atoms with Crippen LogP contribution in [0.4, 0.5) is 5.69 Å². The summed E-state index contributed by atoms with van der Waals surface area (Å²) in [5, 5.41) is 3.24. The molecule has 0 aromatic carbocycles. The topological polar surface area (TPSA) is 65.5 Å². The molecule has 1 unspecified atom stereocenters. The molecule has 0 bridgehead atoms. The number of hydrogen-bond acceptors (Lipinski definition) is 5. The predicted octanol–water partition coefficient (Wildman–Crippen LogP) is 0.834. The van der Waals surface area contributed by atoms with E-state index < -0.39 is 10.0 Å². The van der Waals surface area contributed by atoms with E-state index in [-0.39, 0.29) is 6.04 Å². The molecule has 1 aromatic rings. The van der Waals surface area contributed by atoms with Crippen molar-refractivity contribution >= 4 is 15.7 Å². The molecule has 0 aliphatic carbocycles. The fourth-order valence-corrected chi connectivity index (χ4v) is 3.46. The van der Waals surface area contributed by atoms with Gasteiger partial charge in [0.1, 0.15) is 0 Å². The molecule has 1 aromatic heterocycles. The van der Waals surface area contributed by atoms with Crippen LogP contribution in [0.1, 0.15) is 25.1 Å². The first-order valence-electron chi connectivity index (χ1n) is 7.29. The molecule has 0 saturated carbocycles. The Bertz CT molecular complexity index is 547. The highest BCUT2D eigenvalue weighted by molar-refractivity contribution is 7.88. The van der Waals surface area contributed by atoms with Crippen LogP contribution in [0, 0.1) is 0 Å². The Hall–Kier alpha value is -1.18. The Morgan fingerprint density at radius 1 is 1.29 bits per heavy atom. The third-order valence-corrected chi connectivity index (χ3v) is 5.26. The van der Waals surface area contributed by atoms with Crippen LogP contribution in [0.5, 0.6) is 0 Å². The average molecular weight is 312 g/mol. The predicted molar refractivity (Wildman–Crippen MR) is 85.0 cm³/mol. The van der Waals surface area contributed by atoms with Crippen molar-refractivity contribution in [1.29, 1.82) is 0 Å². The van der Waals surface area contributed by atoms with Crippen LogP contribution in [0.25, 0.3) is 0 Å². The Morgan fingerprint density at radius 2 is 1.95 bits per heavy atom. The number of piperazine rings is 1. The summed E-state index contributed by atoms with van der Waals surface area (Å²) >= 11 is 0. The second-order valence-electron chi connectivity index (χ2n) is 5.34. The van der Waals surface area contributed by atoms with Gasteiger partial charge in [0.05, 0.1) is 23.8 Å². The fourth-order valence-electron chi connectivity index (χ4n) is 2.63. The van der Waals surface area contributed by atoms with Gasteiger partial charge in [-0.15, -0.1) is 0 Å². The number of sulfonamides is 1. The minimum Gasteiger partial charge on any atom is -0.368 e. The van der Waals surface area contributed by atoms with Gasteiger partial charge in [-0.2, -0.15) is 4.31 Å². The van der Waals surface area contributed by atoms with Crippen molar-refractivity contribution in [2.24, 2.45) is 0 Å². The van der Waals surface area contributed by atoms with Crippen LogP contribution in [0.2, 0.25) is 0 Å². The monoisotopic (exact) mass is 312 g/mol. The number of rotatable bonds is 5. The van der Waals surface area contributed by atoms with Crippen molar-refractivity contribution in [2.75, 3.05) is 44.4 Å². The molecule has 21 heavy (non-hydrogen) atoms. The lowest BCUT2D eigenvalue weighted by Crippen LogP contribution is -2.48. The molecule has 1 N–H and O–H groups in total. The molecule has 1 aliphatic rings.